The number of amides is 1. The molecule has 0 fully saturated rings. The Morgan fingerprint density at radius 2 is 1.82 bits per heavy atom. The number of nitrogens with one attached hydrogen (secondary N) is 2. The highest BCUT2D eigenvalue weighted by atomic mass is 32.2. The van der Waals surface area contributed by atoms with Crippen LogP contribution in [0.25, 0.3) is 11.1 Å². The summed E-state index contributed by atoms with van der Waals surface area (Å²) in [4.78, 5) is 24.5. The fraction of sp³-hybridized carbons (Fsp3) is 0.261. The Labute approximate surface area is 191 Å². The molecule has 33 heavy (non-hydrogen) atoms. The van der Waals surface area contributed by atoms with Crippen molar-refractivity contribution in [2.45, 2.75) is 38.1 Å². The van der Waals surface area contributed by atoms with Crippen LogP contribution in [0.5, 0.6) is 5.75 Å². The number of ether oxygens (including phenoxy) is 1. The zero-order valence-electron chi connectivity index (χ0n) is 18.5. The van der Waals surface area contributed by atoms with Crippen LogP contribution in [0.2, 0.25) is 0 Å². The number of hydrogen-bond acceptors (Lipinski definition) is 6. The number of carbonyl (C=O) groups excluding carboxylic acids is 2. The maximum atomic E-state index is 13.2. The third-order valence-electron chi connectivity index (χ3n) is 5.45. The van der Waals surface area contributed by atoms with Crippen LogP contribution in [-0.4, -0.2) is 37.1 Å². The van der Waals surface area contributed by atoms with E-state index in [0.29, 0.717) is 16.8 Å². The molecule has 4 rings (SSSR count). The maximum Gasteiger partial charge on any atom is 0.249 e. The molecule has 1 aromatic heterocycles. The summed E-state index contributed by atoms with van der Waals surface area (Å²) in [6.45, 7) is 3.77. The van der Waals surface area contributed by atoms with Gasteiger partial charge in [0.15, 0.2) is 0 Å². The Balaban J connectivity index is 1.74. The highest BCUT2D eigenvalue weighted by Gasteiger charge is 2.28. The largest absolute Gasteiger partial charge is 0.495 e. The highest BCUT2D eigenvalue weighted by Crippen LogP contribution is 2.36. The Hall–Kier alpha value is -3.50. The van der Waals surface area contributed by atoms with Gasteiger partial charge in [-0.25, -0.2) is 13.1 Å². The molecule has 0 radical (unpaired) electrons. The Morgan fingerprint density at radius 3 is 2.52 bits per heavy atom. The second kappa shape index (κ2) is 8.80. The van der Waals surface area contributed by atoms with Gasteiger partial charge in [-0.05, 0) is 37.1 Å². The number of sulfonamides is 1. The molecule has 0 saturated heterocycles. The van der Waals surface area contributed by atoms with Crippen molar-refractivity contribution in [3.05, 3.63) is 59.3 Å². The predicted octanol–water partition coefficient (Wildman–Crippen LogP) is 3.03. The van der Waals surface area contributed by atoms with Gasteiger partial charge in [0.25, 0.3) is 0 Å². The van der Waals surface area contributed by atoms with E-state index in [2.05, 4.69) is 15.1 Å². The van der Waals surface area contributed by atoms with Gasteiger partial charge in [0.1, 0.15) is 16.5 Å². The summed E-state index contributed by atoms with van der Waals surface area (Å²) in [5.74, 6) is -0.199. The van der Waals surface area contributed by atoms with Gasteiger partial charge >= 0.3 is 0 Å². The minimum atomic E-state index is -3.94. The quantitative estimate of drug-likeness (QED) is 0.574. The first kappa shape index (κ1) is 22.7. The number of methoxy groups -OCH3 is 1. The first-order chi connectivity index (χ1) is 15.7. The van der Waals surface area contributed by atoms with E-state index in [4.69, 9.17) is 4.74 Å². The molecule has 1 amide bonds. The first-order valence-corrected chi connectivity index (χ1v) is 11.8. The Morgan fingerprint density at radius 1 is 1.09 bits per heavy atom. The molecule has 2 aromatic carbocycles. The normalized spacial score (nSPS) is 13.9. The second-order valence-electron chi connectivity index (χ2n) is 7.84. The molecule has 3 aromatic rings. The zero-order chi connectivity index (χ0) is 23.8. The summed E-state index contributed by atoms with van der Waals surface area (Å²) < 4.78 is 35.4. The van der Waals surface area contributed by atoms with Gasteiger partial charge in [0.2, 0.25) is 21.8 Å². The van der Waals surface area contributed by atoms with Crippen LogP contribution in [0.3, 0.4) is 0 Å². The number of aryl methyl sites for hydroxylation is 2. The average molecular weight is 469 g/mol. The topological polar surface area (TPSA) is 119 Å². The molecule has 2 heterocycles. The molecule has 0 saturated carbocycles. The van der Waals surface area contributed by atoms with Crippen molar-refractivity contribution in [3.63, 3.8) is 0 Å². The number of hydrogen-bond donors (Lipinski definition) is 2. The van der Waals surface area contributed by atoms with Crippen LogP contribution in [-0.2, 0) is 21.4 Å². The third kappa shape index (κ3) is 4.53. The maximum absolute atomic E-state index is 13.2. The molecule has 1 aliphatic heterocycles. The second-order valence-corrected chi connectivity index (χ2v) is 9.57. The minimum Gasteiger partial charge on any atom is -0.495 e. The molecule has 2 N–H and O–H groups in total. The van der Waals surface area contributed by atoms with Gasteiger partial charge in [-0.15, -0.1) is 0 Å². The number of carbonyl (C=O) groups is 2. The number of aromatic nitrogens is 2. The van der Waals surface area contributed by atoms with Gasteiger partial charge < -0.3 is 10.1 Å². The lowest BCUT2D eigenvalue weighted by Crippen LogP contribution is -2.23. The molecule has 0 aliphatic carbocycles. The molecule has 172 valence electrons. The van der Waals surface area contributed by atoms with Crippen LogP contribution in [0.4, 0.5) is 5.82 Å². The van der Waals surface area contributed by atoms with Crippen molar-refractivity contribution in [1.29, 1.82) is 0 Å². The number of rotatable bonds is 6. The van der Waals surface area contributed by atoms with Gasteiger partial charge in [0, 0.05) is 24.9 Å². The summed E-state index contributed by atoms with van der Waals surface area (Å²) in [5, 5.41) is 7.00. The van der Waals surface area contributed by atoms with E-state index in [0.717, 1.165) is 11.1 Å². The summed E-state index contributed by atoms with van der Waals surface area (Å²) in [7, 11) is -2.55. The lowest BCUT2D eigenvalue weighted by molar-refractivity contribution is -0.116. The standard InChI is InChI=1S/C23H24N4O5S/c1-14-4-6-16(7-5-14)13-24-33(30,31)19-12-17(8-9-18(19)32-3)22-15(2)26-27-21(29)11-10-20(28)25-23(22)27/h4-9,12,24H,10-11,13H2,1-3H3,(H,25,28). The van der Waals surface area contributed by atoms with Crippen molar-refractivity contribution in [1.82, 2.24) is 14.5 Å². The van der Waals surface area contributed by atoms with Crippen LogP contribution in [0.1, 0.15) is 34.5 Å². The van der Waals surface area contributed by atoms with E-state index in [1.807, 2.05) is 31.2 Å². The van der Waals surface area contributed by atoms with E-state index >= 15 is 0 Å². The number of nitrogens with zero attached hydrogens (tertiary/aromatic N) is 2. The van der Waals surface area contributed by atoms with E-state index < -0.39 is 10.0 Å². The molecule has 1 aliphatic rings. The summed E-state index contributed by atoms with van der Waals surface area (Å²) in [5.41, 5.74) is 3.36. The average Bonchev–Trinajstić information content (AvgIpc) is 3.05. The van der Waals surface area contributed by atoms with Crippen LogP contribution >= 0.6 is 0 Å². The Kier molecular flexibility index (Phi) is 6.05. The molecule has 0 spiro atoms. The van der Waals surface area contributed by atoms with Gasteiger partial charge in [-0.3, -0.25) is 9.59 Å². The van der Waals surface area contributed by atoms with Gasteiger partial charge in [0.05, 0.1) is 12.8 Å². The fourth-order valence-corrected chi connectivity index (χ4v) is 4.90. The number of fused-ring (bicyclic) bond motifs is 1. The van der Waals surface area contributed by atoms with E-state index in [9.17, 15) is 18.0 Å². The minimum absolute atomic E-state index is 0.0462. The van der Waals surface area contributed by atoms with Crippen LogP contribution in [0, 0.1) is 13.8 Å². The van der Waals surface area contributed by atoms with E-state index in [-0.39, 0.29) is 47.7 Å². The summed E-state index contributed by atoms with van der Waals surface area (Å²) >= 11 is 0. The van der Waals surface area contributed by atoms with Gasteiger partial charge in [-0.2, -0.15) is 9.78 Å². The Bertz CT molecular complexity index is 1340. The van der Waals surface area contributed by atoms with Crippen molar-refractivity contribution in [3.8, 4) is 16.9 Å². The fourth-order valence-electron chi connectivity index (χ4n) is 3.69. The zero-order valence-corrected chi connectivity index (χ0v) is 19.3. The summed E-state index contributed by atoms with van der Waals surface area (Å²) in [6, 6.07) is 12.2. The predicted molar refractivity (Wildman–Crippen MR) is 123 cm³/mol. The molecular weight excluding hydrogens is 444 g/mol. The van der Waals surface area contributed by atoms with E-state index in [1.54, 1.807) is 19.1 Å². The molecule has 0 unspecified atom stereocenters. The van der Waals surface area contributed by atoms with Crippen molar-refractivity contribution < 1.29 is 22.7 Å². The number of benzene rings is 2. The monoisotopic (exact) mass is 468 g/mol. The first-order valence-electron chi connectivity index (χ1n) is 10.4. The third-order valence-corrected chi connectivity index (χ3v) is 6.87. The molecular formula is C23H24N4O5S. The van der Waals surface area contributed by atoms with E-state index in [1.165, 1.54) is 17.9 Å². The van der Waals surface area contributed by atoms with Crippen LogP contribution < -0.4 is 14.8 Å². The van der Waals surface area contributed by atoms with Crippen molar-refractivity contribution in [2.75, 3.05) is 12.4 Å². The lowest BCUT2D eigenvalue weighted by Gasteiger charge is -2.13. The van der Waals surface area contributed by atoms with Crippen molar-refractivity contribution in [2.24, 2.45) is 0 Å². The molecule has 10 heteroatoms. The van der Waals surface area contributed by atoms with Crippen LogP contribution in [0.15, 0.2) is 47.4 Å². The summed E-state index contributed by atoms with van der Waals surface area (Å²) in [6.07, 6.45) is 0.108. The van der Waals surface area contributed by atoms with Crippen molar-refractivity contribution >= 4 is 27.7 Å². The smallest absolute Gasteiger partial charge is 0.249 e. The van der Waals surface area contributed by atoms with Gasteiger partial charge in [-0.1, -0.05) is 35.9 Å². The molecule has 0 atom stereocenters. The molecule has 0 bridgehead atoms. The SMILES string of the molecule is COc1ccc(-c2c(C)nn3c2NC(=O)CCC3=O)cc1S(=O)(=O)NCc1ccc(C)cc1. The number of anilines is 1. The lowest BCUT2D eigenvalue weighted by atomic mass is 10.1. The molecule has 9 nitrogen and oxygen atoms in total. The highest BCUT2D eigenvalue weighted by molar-refractivity contribution is 7.89.